The summed E-state index contributed by atoms with van der Waals surface area (Å²) in [6, 6.07) is 18.1. The molecule has 0 saturated heterocycles. The number of rotatable bonds is 6. The standard InChI is InChI=1S/C19H20N4/c1-15-22-18-5-2-3-6-19(18)23(15)12-4-11-21-14-17-9-7-16(13-20)8-10-17/h2-3,5-10,21H,4,11-12,14H2,1H3. The molecule has 0 aliphatic heterocycles. The Balaban J connectivity index is 1.49. The topological polar surface area (TPSA) is 53.6 Å². The van der Waals surface area contributed by atoms with Gasteiger partial charge in [0.05, 0.1) is 22.7 Å². The zero-order valence-corrected chi connectivity index (χ0v) is 13.3. The van der Waals surface area contributed by atoms with Crippen molar-refractivity contribution in [3.63, 3.8) is 0 Å². The van der Waals surface area contributed by atoms with Crippen LogP contribution < -0.4 is 5.32 Å². The minimum Gasteiger partial charge on any atom is -0.328 e. The molecular weight excluding hydrogens is 284 g/mol. The van der Waals surface area contributed by atoms with Crippen molar-refractivity contribution in [3.05, 3.63) is 65.5 Å². The summed E-state index contributed by atoms with van der Waals surface area (Å²) >= 11 is 0. The number of nitrogens with one attached hydrogen (secondary N) is 1. The first-order valence-electron chi connectivity index (χ1n) is 7.89. The minimum absolute atomic E-state index is 0.705. The van der Waals surface area contributed by atoms with E-state index in [0.717, 1.165) is 37.4 Å². The van der Waals surface area contributed by atoms with Crippen LogP contribution in [0.4, 0.5) is 0 Å². The average Bonchev–Trinajstić information content (AvgIpc) is 2.91. The van der Waals surface area contributed by atoms with Crippen molar-refractivity contribution < 1.29 is 0 Å². The third-order valence-electron chi connectivity index (χ3n) is 3.99. The van der Waals surface area contributed by atoms with Crippen molar-refractivity contribution in [3.8, 4) is 6.07 Å². The summed E-state index contributed by atoms with van der Waals surface area (Å²) in [5.74, 6) is 1.07. The van der Waals surface area contributed by atoms with Gasteiger partial charge in [-0.15, -0.1) is 0 Å². The molecule has 0 radical (unpaired) electrons. The molecular formula is C19H20N4. The Morgan fingerprint density at radius 2 is 1.91 bits per heavy atom. The number of hydrogen-bond donors (Lipinski definition) is 1. The summed E-state index contributed by atoms with van der Waals surface area (Å²) < 4.78 is 2.28. The smallest absolute Gasteiger partial charge is 0.106 e. The molecule has 4 heteroatoms. The van der Waals surface area contributed by atoms with Crippen molar-refractivity contribution >= 4 is 11.0 Å². The van der Waals surface area contributed by atoms with Gasteiger partial charge in [-0.05, 0) is 49.7 Å². The fourth-order valence-corrected chi connectivity index (χ4v) is 2.77. The fraction of sp³-hybridized carbons (Fsp3) is 0.263. The second kappa shape index (κ2) is 7.08. The predicted molar refractivity (Wildman–Crippen MR) is 92.0 cm³/mol. The predicted octanol–water partition coefficient (Wildman–Crippen LogP) is 3.40. The normalized spacial score (nSPS) is 10.8. The van der Waals surface area contributed by atoms with Gasteiger partial charge in [0.2, 0.25) is 0 Å². The van der Waals surface area contributed by atoms with Crippen LogP contribution in [-0.4, -0.2) is 16.1 Å². The number of imidazole rings is 1. The van der Waals surface area contributed by atoms with E-state index < -0.39 is 0 Å². The molecule has 4 nitrogen and oxygen atoms in total. The van der Waals surface area contributed by atoms with E-state index in [9.17, 15) is 0 Å². The molecule has 23 heavy (non-hydrogen) atoms. The van der Waals surface area contributed by atoms with E-state index in [1.165, 1.54) is 11.1 Å². The lowest BCUT2D eigenvalue weighted by Crippen LogP contribution is -2.16. The number of aryl methyl sites for hydroxylation is 2. The molecule has 0 amide bonds. The molecule has 1 N–H and O–H groups in total. The quantitative estimate of drug-likeness (QED) is 0.710. The molecule has 1 heterocycles. The minimum atomic E-state index is 0.705. The summed E-state index contributed by atoms with van der Waals surface area (Å²) in [6.07, 6.45) is 1.05. The van der Waals surface area contributed by atoms with Gasteiger partial charge in [0.15, 0.2) is 0 Å². The van der Waals surface area contributed by atoms with Crippen LogP contribution in [0.15, 0.2) is 48.5 Å². The van der Waals surface area contributed by atoms with Gasteiger partial charge in [-0.25, -0.2) is 4.98 Å². The van der Waals surface area contributed by atoms with E-state index in [1.54, 1.807) is 0 Å². The number of para-hydroxylation sites is 2. The average molecular weight is 304 g/mol. The first-order chi connectivity index (χ1) is 11.3. The molecule has 0 aliphatic rings. The van der Waals surface area contributed by atoms with Gasteiger partial charge in [0.1, 0.15) is 5.82 Å². The van der Waals surface area contributed by atoms with Crippen LogP contribution in [0, 0.1) is 18.3 Å². The zero-order valence-electron chi connectivity index (χ0n) is 13.3. The Hall–Kier alpha value is -2.64. The molecule has 3 rings (SSSR count). The first kappa shape index (κ1) is 15.3. The van der Waals surface area contributed by atoms with E-state index in [2.05, 4.69) is 46.1 Å². The van der Waals surface area contributed by atoms with E-state index >= 15 is 0 Å². The van der Waals surface area contributed by atoms with E-state index in [4.69, 9.17) is 5.26 Å². The summed E-state index contributed by atoms with van der Waals surface area (Å²) in [7, 11) is 0. The molecule has 0 saturated carbocycles. The maximum Gasteiger partial charge on any atom is 0.106 e. The molecule has 0 aliphatic carbocycles. The molecule has 3 aromatic rings. The second-order valence-corrected chi connectivity index (χ2v) is 5.64. The molecule has 0 atom stereocenters. The lowest BCUT2D eigenvalue weighted by Gasteiger charge is -2.08. The van der Waals surface area contributed by atoms with Crippen LogP contribution in [0.5, 0.6) is 0 Å². The lowest BCUT2D eigenvalue weighted by atomic mass is 10.1. The first-order valence-corrected chi connectivity index (χ1v) is 7.89. The highest BCUT2D eigenvalue weighted by Crippen LogP contribution is 2.15. The van der Waals surface area contributed by atoms with Crippen LogP contribution in [0.3, 0.4) is 0 Å². The van der Waals surface area contributed by atoms with Crippen LogP contribution in [0.2, 0.25) is 0 Å². The van der Waals surface area contributed by atoms with Crippen LogP contribution in [-0.2, 0) is 13.1 Å². The highest BCUT2D eigenvalue weighted by atomic mass is 15.1. The van der Waals surface area contributed by atoms with Crippen LogP contribution in [0.25, 0.3) is 11.0 Å². The molecule has 116 valence electrons. The van der Waals surface area contributed by atoms with Crippen molar-refractivity contribution in [2.75, 3.05) is 6.54 Å². The molecule has 0 fully saturated rings. The van der Waals surface area contributed by atoms with Crippen molar-refractivity contribution in [2.45, 2.75) is 26.4 Å². The number of fused-ring (bicyclic) bond motifs is 1. The van der Waals surface area contributed by atoms with Gasteiger partial charge in [-0.3, -0.25) is 0 Å². The Morgan fingerprint density at radius 3 is 2.70 bits per heavy atom. The maximum atomic E-state index is 8.79. The summed E-state index contributed by atoms with van der Waals surface area (Å²) in [4.78, 5) is 4.59. The van der Waals surface area contributed by atoms with Crippen LogP contribution >= 0.6 is 0 Å². The lowest BCUT2D eigenvalue weighted by molar-refractivity contribution is 0.581. The van der Waals surface area contributed by atoms with E-state index in [0.29, 0.717) is 5.56 Å². The molecule has 0 unspecified atom stereocenters. The summed E-state index contributed by atoms with van der Waals surface area (Å²) in [5, 5.41) is 12.2. The van der Waals surface area contributed by atoms with Gasteiger partial charge in [-0.1, -0.05) is 24.3 Å². The van der Waals surface area contributed by atoms with Gasteiger partial charge in [0, 0.05) is 13.1 Å². The van der Waals surface area contributed by atoms with Crippen molar-refractivity contribution in [2.24, 2.45) is 0 Å². The molecule has 2 aromatic carbocycles. The third-order valence-corrected chi connectivity index (χ3v) is 3.99. The second-order valence-electron chi connectivity index (χ2n) is 5.64. The number of benzene rings is 2. The highest BCUT2D eigenvalue weighted by Gasteiger charge is 2.05. The van der Waals surface area contributed by atoms with Crippen molar-refractivity contribution in [1.82, 2.24) is 14.9 Å². The Bertz CT molecular complexity index is 825. The van der Waals surface area contributed by atoms with E-state index in [-0.39, 0.29) is 0 Å². The van der Waals surface area contributed by atoms with Gasteiger partial charge < -0.3 is 9.88 Å². The molecule has 0 bridgehead atoms. The third kappa shape index (κ3) is 3.58. The molecule has 0 spiro atoms. The summed E-state index contributed by atoms with van der Waals surface area (Å²) in [5.41, 5.74) is 4.18. The SMILES string of the molecule is Cc1nc2ccccc2n1CCCNCc1ccc(C#N)cc1. The van der Waals surface area contributed by atoms with Crippen LogP contribution in [0.1, 0.15) is 23.4 Å². The summed E-state index contributed by atoms with van der Waals surface area (Å²) in [6.45, 7) is 4.80. The number of nitriles is 1. The number of aromatic nitrogens is 2. The van der Waals surface area contributed by atoms with Gasteiger partial charge >= 0.3 is 0 Å². The zero-order chi connectivity index (χ0) is 16.1. The van der Waals surface area contributed by atoms with Gasteiger partial charge in [0.25, 0.3) is 0 Å². The maximum absolute atomic E-state index is 8.79. The monoisotopic (exact) mass is 304 g/mol. The molecule has 1 aromatic heterocycles. The van der Waals surface area contributed by atoms with Crippen molar-refractivity contribution in [1.29, 1.82) is 5.26 Å². The largest absolute Gasteiger partial charge is 0.328 e. The highest BCUT2D eigenvalue weighted by molar-refractivity contribution is 5.75. The van der Waals surface area contributed by atoms with Gasteiger partial charge in [-0.2, -0.15) is 5.26 Å². The fourth-order valence-electron chi connectivity index (χ4n) is 2.77. The Kier molecular flexibility index (Phi) is 4.70. The number of hydrogen-bond acceptors (Lipinski definition) is 3. The Morgan fingerprint density at radius 1 is 1.13 bits per heavy atom. The number of nitrogens with zero attached hydrogens (tertiary/aromatic N) is 3. The van der Waals surface area contributed by atoms with E-state index in [1.807, 2.05) is 30.3 Å². The Labute approximate surface area is 136 Å².